The fourth-order valence-electron chi connectivity index (χ4n) is 4.34. The van der Waals surface area contributed by atoms with Gasteiger partial charge in [-0.3, -0.25) is 9.48 Å². The first-order chi connectivity index (χ1) is 16.5. The van der Waals surface area contributed by atoms with E-state index >= 15 is 0 Å². The summed E-state index contributed by atoms with van der Waals surface area (Å²) in [6.07, 6.45) is 2.40. The van der Waals surface area contributed by atoms with Crippen LogP contribution in [0.1, 0.15) is 51.4 Å². The van der Waals surface area contributed by atoms with Gasteiger partial charge in [-0.15, -0.1) is 0 Å². The van der Waals surface area contributed by atoms with Crippen LogP contribution < -0.4 is 4.90 Å². The van der Waals surface area contributed by atoms with Gasteiger partial charge in [0.1, 0.15) is 0 Å². The smallest absolute Gasteiger partial charge is 0.263 e. The number of aryl methyl sites for hydroxylation is 1. The highest BCUT2D eigenvalue weighted by molar-refractivity contribution is 7.89. The second-order valence-electron chi connectivity index (χ2n) is 9.98. The molecule has 2 heterocycles. The second kappa shape index (κ2) is 11.8. The van der Waals surface area contributed by atoms with Gasteiger partial charge in [0.15, 0.2) is 0 Å². The van der Waals surface area contributed by atoms with Crippen LogP contribution in [0.4, 0.5) is 5.69 Å². The zero-order chi connectivity index (χ0) is 25.8. The van der Waals surface area contributed by atoms with Crippen LogP contribution in [-0.4, -0.2) is 72.6 Å². The van der Waals surface area contributed by atoms with Crippen molar-refractivity contribution in [3.8, 4) is 0 Å². The van der Waals surface area contributed by atoms with Crippen molar-refractivity contribution < 1.29 is 13.2 Å². The Morgan fingerprint density at radius 3 is 2.11 bits per heavy atom. The van der Waals surface area contributed by atoms with Crippen LogP contribution in [0.25, 0.3) is 0 Å². The maximum absolute atomic E-state index is 13.7. The molecule has 10 heteroatoms. The molecule has 3 rings (SSSR count). The van der Waals surface area contributed by atoms with Gasteiger partial charge < -0.3 is 9.80 Å². The molecule has 1 aliphatic rings. The number of anilines is 1. The molecule has 0 N–H and O–H groups in total. The molecule has 1 aromatic carbocycles. The van der Waals surface area contributed by atoms with Gasteiger partial charge in [0, 0.05) is 62.7 Å². The number of rotatable bonds is 10. The molecule has 0 aliphatic carbocycles. The number of nitrogens with zero attached hydrogens (tertiary/aromatic N) is 5. The average molecular weight is 524 g/mol. The summed E-state index contributed by atoms with van der Waals surface area (Å²) in [7, 11) is -3.93. The molecule has 2 aromatic rings. The highest BCUT2D eigenvalue weighted by Crippen LogP contribution is 2.25. The molecule has 1 saturated heterocycles. The van der Waals surface area contributed by atoms with Gasteiger partial charge in [-0.25, -0.2) is 8.42 Å². The molecule has 35 heavy (non-hydrogen) atoms. The first-order valence-corrected chi connectivity index (χ1v) is 14.2. The van der Waals surface area contributed by atoms with E-state index in [1.54, 1.807) is 15.8 Å². The number of sulfonamides is 1. The van der Waals surface area contributed by atoms with Gasteiger partial charge in [0.05, 0.1) is 5.56 Å². The molecular formula is C25H38ClN5O3S. The Kier molecular flexibility index (Phi) is 9.23. The van der Waals surface area contributed by atoms with Gasteiger partial charge in [-0.1, -0.05) is 46.2 Å². The summed E-state index contributed by atoms with van der Waals surface area (Å²) < 4.78 is 30.5. The minimum atomic E-state index is -3.93. The van der Waals surface area contributed by atoms with E-state index in [1.165, 1.54) is 4.31 Å². The predicted octanol–water partition coefficient (Wildman–Crippen LogP) is 4.21. The third-order valence-electron chi connectivity index (χ3n) is 5.88. The normalized spacial score (nSPS) is 15.3. The molecular weight excluding hydrogens is 486 g/mol. The summed E-state index contributed by atoms with van der Waals surface area (Å²) >= 11 is 6.00. The van der Waals surface area contributed by atoms with E-state index in [2.05, 4.69) is 37.7 Å². The van der Waals surface area contributed by atoms with Crippen molar-refractivity contribution >= 4 is 33.2 Å². The third-order valence-corrected chi connectivity index (χ3v) is 7.97. The lowest BCUT2D eigenvalue weighted by atomic mass is 10.1. The maximum Gasteiger partial charge on any atom is 0.263 e. The number of carbonyl (C=O) groups excluding carboxylic acids is 1. The van der Waals surface area contributed by atoms with Crippen molar-refractivity contribution in [2.24, 2.45) is 11.8 Å². The van der Waals surface area contributed by atoms with Crippen LogP contribution in [0.2, 0.25) is 5.02 Å². The van der Waals surface area contributed by atoms with E-state index in [4.69, 9.17) is 11.6 Å². The summed E-state index contributed by atoms with van der Waals surface area (Å²) in [5.41, 5.74) is 1.17. The van der Waals surface area contributed by atoms with Crippen molar-refractivity contribution in [3.63, 3.8) is 0 Å². The fourth-order valence-corrected chi connectivity index (χ4v) is 5.98. The molecule has 8 nitrogen and oxygen atoms in total. The number of carbonyl (C=O) groups is 1. The molecule has 0 spiro atoms. The van der Waals surface area contributed by atoms with Crippen LogP contribution in [0, 0.1) is 11.8 Å². The number of aromatic nitrogens is 2. The summed E-state index contributed by atoms with van der Waals surface area (Å²) in [5, 5.41) is 4.94. The monoisotopic (exact) mass is 523 g/mol. The van der Waals surface area contributed by atoms with Gasteiger partial charge in [-0.2, -0.15) is 9.40 Å². The lowest BCUT2D eigenvalue weighted by Gasteiger charge is -2.35. The molecule has 0 bridgehead atoms. The van der Waals surface area contributed by atoms with Crippen LogP contribution >= 0.6 is 11.6 Å². The first-order valence-electron chi connectivity index (χ1n) is 12.4. The van der Waals surface area contributed by atoms with Crippen LogP contribution in [-0.2, 0) is 16.6 Å². The molecule has 194 valence electrons. The van der Waals surface area contributed by atoms with E-state index in [9.17, 15) is 13.2 Å². The van der Waals surface area contributed by atoms with Crippen molar-refractivity contribution in [1.29, 1.82) is 0 Å². The summed E-state index contributed by atoms with van der Waals surface area (Å²) in [5.74, 6) is 0.266. The predicted molar refractivity (Wildman–Crippen MR) is 141 cm³/mol. The Labute approximate surface area is 214 Å². The van der Waals surface area contributed by atoms with E-state index in [0.29, 0.717) is 50.8 Å². The largest absolute Gasteiger partial charge is 0.369 e. The van der Waals surface area contributed by atoms with Crippen molar-refractivity contribution in [1.82, 2.24) is 19.0 Å². The molecule has 1 amide bonds. The topological polar surface area (TPSA) is 78.8 Å². The minimum Gasteiger partial charge on any atom is -0.369 e. The third kappa shape index (κ3) is 6.77. The summed E-state index contributed by atoms with van der Waals surface area (Å²) in [4.78, 5) is 17.5. The lowest BCUT2D eigenvalue weighted by Crippen LogP contribution is -2.49. The molecule has 1 aromatic heterocycles. The van der Waals surface area contributed by atoms with Gasteiger partial charge >= 0.3 is 0 Å². The maximum atomic E-state index is 13.7. The number of hydrogen-bond acceptors (Lipinski definition) is 5. The zero-order valence-corrected chi connectivity index (χ0v) is 23.0. The minimum absolute atomic E-state index is 0.131. The van der Waals surface area contributed by atoms with Crippen LogP contribution in [0.15, 0.2) is 35.5 Å². The Morgan fingerprint density at radius 1 is 1.03 bits per heavy atom. The average Bonchev–Trinajstić information content (AvgIpc) is 3.23. The Morgan fingerprint density at radius 2 is 1.60 bits per heavy atom. The summed E-state index contributed by atoms with van der Waals surface area (Å²) in [6, 6.07) is 7.54. The number of hydrogen-bond donors (Lipinski definition) is 0. The van der Waals surface area contributed by atoms with Crippen molar-refractivity contribution in [2.75, 3.05) is 44.2 Å². The molecule has 0 unspecified atom stereocenters. The van der Waals surface area contributed by atoms with E-state index in [-0.39, 0.29) is 28.3 Å². The molecule has 1 fully saturated rings. The molecule has 0 radical (unpaired) electrons. The number of amides is 1. The van der Waals surface area contributed by atoms with E-state index < -0.39 is 10.0 Å². The number of halogens is 1. The van der Waals surface area contributed by atoms with Gasteiger partial charge in [-0.05, 0) is 42.5 Å². The highest BCUT2D eigenvalue weighted by atomic mass is 35.5. The van der Waals surface area contributed by atoms with Crippen LogP contribution in [0.5, 0.6) is 0 Å². The van der Waals surface area contributed by atoms with Crippen LogP contribution in [0.3, 0.4) is 0 Å². The number of benzene rings is 1. The zero-order valence-electron chi connectivity index (χ0n) is 21.4. The standard InChI is InChI=1S/C25H38ClN5O3S/c1-6-11-30-18-23(25(32)29(16-19(2)3)17-20(4)5)24(27-30)35(33,34)31-14-12-28(13-15-31)22-9-7-21(26)8-10-22/h7-10,18-20H,6,11-17H2,1-5H3. The quantitative estimate of drug-likeness (QED) is 0.466. The molecule has 0 atom stereocenters. The Hall–Kier alpha value is -2.10. The van der Waals surface area contributed by atoms with Crippen molar-refractivity contribution in [3.05, 3.63) is 41.0 Å². The lowest BCUT2D eigenvalue weighted by molar-refractivity contribution is 0.0711. The van der Waals surface area contributed by atoms with E-state index in [0.717, 1.165) is 12.1 Å². The fraction of sp³-hybridized carbons (Fsp3) is 0.600. The summed E-state index contributed by atoms with van der Waals surface area (Å²) in [6.45, 7) is 13.6. The highest BCUT2D eigenvalue weighted by Gasteiger charge is 2.36. The first kappa shape index (κ1) is 27.5. The van der Waals surface area contributed by atoms with Crippen molar-refractivity contribution in [2.45, 2.75) is 52.6 Å². The van der Waals surface area contributed by atoms with Gasteiger partial charge in [0.2, 0.25) is 5.03 Å². The van der Waals surface area contributed by atoms with E-state index in [1.807, 2.05) is 31.2 Å². The van der Waals surface area contributed by atoms with Gasteiger partial charge in [0.25, 0.3) is 15.9 Å². The Bertz CT molecular complexity index is 1080. The SMILES string of the molecule is CCCn1cc(C(=O)N(CC(C)C)CC(C)C)c(S(=O)(=O)N2CCN(c3ccc(Cl)cc3)CC2)n1. The Balaban J connectivity index is 1.87. The number of piperazine rings is 1. The molecule has 1 aliphatic heterocycles. The molecule has 0 saturated carbocycles. The second-order valence-corrected chi connectivity index (χ2v) is 12.3.